The first-order valence-electron chi connectivity index (χ1n) is 14.3. The number of rotatable bonds is 12. The van der Waals surface area contributed by atoms with E-state index in [1.54, 1.807) is 0 Å². The lowest BCUT2D eigenvalue weighted by Crippen LogP contribution is -2.15. The summed E-state index contributed by atoms with van der Waals surface area (Å²) < 4.78 is 0. The summed E-state index contributed by atoms with van der Waals surface area (Å²) in [5.74, 6) is 1.39. The fourth-order valence-electron chi connectivity index (χ4n) is 4.48. The monoisotopic (exact) mass is 589 g/mol. The zero-order valence-electron chi connectivity index (χ0n) is 25.5. The van der Waals surface area contributed by atoms with Gasteiger partial charge < -0.3 is 42.5 Å². The molecule has 0 atom stereocenters. The van der Waals surface area contributed by atoms with Crippen molar-refractivity contribution in [2.24, 2.45) is 0 Å². The lowest BCUT2D eigenvalue weighted by molar-refractivity contribution is 0.966. The first kappa shape index (κ1) is 29.8. The average Bonchev–Trinajstić information content (AvgIpc) is 2.98. The summed E-state index contributed by atoms with van der Waals surface area (Å²) in [6, 6.07) is 29.8. The summed E-state index contributed by atoms with van der Waals surface area (Å²) in [7, 11) is 7.85. The van der Waals surface area contributed by atoms with Crippen LogP contribution in [0.2, 0.25) is 0 Å². The molecule has 8 N–H and O–H groups in total. The smallest absolute Gasteiger partial charge is 0.233 e. The van der Waals surface area contributed by atoms with Crippen LogP contribution in [0.25, 0.3) is 0 Å². The molecule has 0 bridgehead atoms. The lowest BCUT2D eigenvalue weighted by Gasteiger charge is -2.18. The third kappa shape index (κ3) is 8.19. The molecule has 0 aliphatic rings. The van der Waals surface area contributed by atoms with Crippen LogP contribution in [0.3, 0.4) is 0 Å². The quantitative estimate of drug-likeness (QED) is 0.0945. The highest BCUT2D eigenvalue weighted by Gasteiger charge is 2.10. The highest BCUT2D eigenvalue weighted by atomic mass is 15.3. The zero-order valence-corrected chi connectivity index (χ0v) is 25.5. The standard InChI is InChI=1S/C33H39N11/c1-43(2)30-20-28(19-29(21-30)37-26-9-5-7-23(34)17-26)36-16-15-22-11-13-25(14-12-22)38-31-40-32(42-33(41-31)44(3)4)39-27-10-6-8-24(35)18-27/h5-14,17-21,36-37H,15-16,34-35H2,1-4H3,(H2,38,39,40,41,42). The topological polar surface area (TPSA) is 145 Å². The number of benzene rings is 4. The first-order chi connectivity index (χ1) is 21.2. The van der Waals surface area contributed by atoms with Gasteiger partial charge in [-0.15, -0.1) is 0 Å². The van der Waals surface area contributed by atoms with Gasteiger partial charge in [0.15, 0.2) is 0 Å². The second-order valence-electron chi connectivity index (χ2n) is 10.8. The van der Waals surface area contributed by atoms with Crippen molar-refractivity contribution in [3.05, 3.63) is 96.6 Å². The van der Waals surface area contributed by atoms with Gasteiger partial charge >= 0.3 is 0 Å². The number of aromatic nitrogens is 3. The third-order valence-electron chi connectivity index (χ3n) is 6.73. The SMILES string of the molecule is CN(C)c1cc(NCCc2ccc(Nc3nc(Nc4cccc(N)c4)nc(N(C)C)n3)cc2)cc(Nc2cccc(N)c2)c1. The van der Waals surface area contributed by atoms with Gasteiger partial charge in [0.25, 0.3) is 0 Å². The summed E-state index contributed by atoms with van der Waals surface area (Å²) in [5.41, 5.74) is 20.2. The maximum absolute atomic E-state index is 5.96. The second-order valence-corrected chi connectivity index (χ2v) is 10.8. The Morgan fingerprint density at radius 3 is 1.75 bits per heavy atom. The Bertz CT molecular complexity index is 1700. The van der Waals surface area contributed by atoms with E-state index < -0.39 is 0 Å². The zero-order chi connectivity index (χ0) is 31.1. The van der Waals surface area contributed by atoms with Crippen LogP contribution in [-0.2, 0) is 6.42 Å². The number of hydrogen-bond acceptors (Lipinski definition) is 11. The molecule has 11 heteroatoms. The van der Waals surface area contributed by atoms with Crippen LogP contribution in [0.15, 0.2) is 91.0 Å². The molecule has 0 aliphatic carbocycles. The van der Waals surface area contributed by atoms with Gasteiger partial charge in [0.2, 0.25) is 17.8 Å². The molecule has 0 saturated heterocycles. The molecule has 0 amide bonds. The minimum absolute atomic E-state index is 0.420. The van der Waals surface area contributed by atoms with Gasteiger partial charge in [-0.1, -0.05) is 24.3 Å². The molecule has 44 heavy (non-hydrogen) atoms. The first-order valence-corrected chi connectivity index (χ1v) is 14.3. The second kappa shape index (κ2) is 13.5. The minimum atomic E-state index is 0.420. The number of nitrogen functional groups attached to an aromatic ring is 2. The van der Waals surface area contributed by atoms with Gasteiger partial charge in [0.05, 0.1) is 0 Å². The van der Waals surface area contributed by atoms with Crippen LogP contribution in [0.1, 0.15) is 5.56 Å². The van der Waals surface area contributed by atoms with Crippen molar-refractivity contribution in [1.29, 1.82) is 0 Å². The number of anilines is 11. The van der Waals surface area contributed by atoms with E-state index in [-0.39, 0.29) is 0 Å². The highest BCUT2D eigenvalue weighted by Crippen LogP contribution is 2.28. The van der Waals surface area contributed by atoms with E-state index >= 15 is 0 Å². The number of nitrogens with two attached hydrogens (primary N) is 2. The third-order valence-corrected chi connectivity index (χ3v) is 6.73. The molecular weight excluding hydrogens is 550 g/mol. The summed E-state index contributed by atoms with van der Waals surface area (Å²) in [5, 5.41) is 13.6. The predicted octanol–water partition coefficient (Wildman–Crippen LogP) is 6.05. The fraction of sp³-hybridized carbons (Fsp3) is 0.182. The molecule has 1 heterocycles. The Balaban J connectivity index is 1.22. The maximum atomic E-state index is 5.96. The summed E-state index contributed by atoms with van der Waals surface area (Å²) in [6.07, 6.45) is 0.856. The van der Waals surface area contributed by atoms with E-state index in [1.165, 1.54) is 5.56 Å². The van der Waals surface area contributed by atoms with Crippen molar-refractivity contribution in [3.8, 4) is 0 Å². The van der Waals surface area contributed by atoms with Gasteiger partial charge in [-0.3, -0.25) is 0 Å². The van der Waals surface area contributed by atoms with E-state index in [1.807, 2.05) is 93.8 Å². The van der Waals surface area contributed by atoms with Crippen LogP contribution in [0, 0.1) is 0 Å². The Hall–Kier alpha value is -5.71. The van der Waals surface area contributed by atoms with Gasteiger partial charge in [-0.25, -0.2) is 0 Å². The van der Waals surface area contributed by atoms with Crippen molar-refractivity contribution in [3.63, 3.8) is 0 Å². The van der Waals surface area contributed by atoms with Gasteiger partial charge in [0.1, 0.15) is 0 Å². The van der Waals surface area contributed by atoms with Gasteiger partial charge in [-0.05, 0) is 78.7 Å². The summed E-state index contributed by atoms with van der Waals surface area (Å²) in [4.78, 5) is 17.5. The molecule has 0 saturated carbocycles. The Kier molecular flexibility index (Phi) is 9.14. The van der Waals surface area contributed by atoms with E-state index in [9.17, 15) is 0 Å². The van der Waals surface area contributed by atoms with Crippen LogP contribution < -0.4 is 42.5 Å². The van der Waals surface area contributed by atoms with Crippen molar-refractivity contribution in [1.82, 2.24) is 15.0 Å². The van der Waals surface area contributed by atoms with E-state index in [0.717, 1.165) is 52.8 Å². The van der Waals surface area contributed by atoms with Crippen molar-refractivity contribution in [2.45, 2.75) is 6.42 Å². The molecule has 4 aromatic carbocycles. The Labute approximate surface area is 258 Å². The van der Waals surface area contributed by atoms with E-state index in [4.69, 9.17) is 11.5 Å². The summed E-state index contributed by atoms with van der Waals surface area (Å²) in [6.45, 7) is 0.778. The molecular formula is C33H39N11. The van der Waals surface area contributed by atoms with Gasteiger partial charge in [0, 0.05) is 80.2 Å². The van der Waals surface area contributed by atoms with Crippen LogP contribution in [0.5, 0.6) is 0 Å². The normalized spacial score (nSPS) is 10.6. The molecule has 1 aromatic heterocycles. The van der Waals surface area contributed by atoms with Crippen molar-refractivity contribution in [2.75, 3.05) is 77.3 Å². The molecule has 0 spiro atoms. The van der Waals surface area contributed by atoms with Crippen LogP contribution in [-0.4, -0.2) is 49.7 Å². The van der Waals surface area contributed by atoms with Gasteiger partial charge in [-0.2, -0.15) is 15.0 Å². The maximum Gasteiger partial charge on any atom is 0.233 e. The molecule has 5 aromatic rings. The summed E-state index contributed by atoms with van der Waals surface area (Å²) >= 11 is 0. The molecule has 0 unspecified atom stereocenters. The number of nitrogens with zero attached hydrogens (tertiary/aromatic N) is 5. The molecule has 0 fully saturated rings. The molecule has 5 rings (SSSR count). The van der Waals surface area contributed by atoms with Crippen LogP contribution >= 0.6 is 0 Å². The van der Waals surface area contributed by atoms with Crippen molar-refractivity contribution < 1.29 is 0 Å². The highest BCUT2D eigenvalue weighted by molar-refractivity contribution is 5.73. The largest absolute Gasteiger partial charge is 0.399 e. The van der Waals surface area contributed by atoms with E-state index in [0.29, 0.717) is 23.5 Å². The van der Waals surface area contributed by atoms with Crippen LogP contribution in [0.4, 0.5) is 63.3 Å². The number of nitrogens with one attached hydrogen (secondary N) is 4. The Morgan fingerprint density at radius 1 is 0.568 bits per heavy atom. The lowest BCUT2D eigenvalue weighted by atomic mass is 10.1. The predicted molar refractivity (Wildman–Crippen MR) is 185 cm³/mol. The Morgan fingerprint density at radius 2 is 1.16 bits per heavy atom. The molecule has 0 radical (unpaired) electrons. The van der Waals surface area contributed by atoms with Crippen molar-refractivity contribution >= 4 is 63.3 Å². The molecule has 11 nitrogen and oxygen atoms in total. The minimum Gasteiger partial charge on any atom is -0.399 e. The number of hydrogen-bond donors (Lipinski definition) is 6. The average molecular weight is 590 g/mol. The fourth-order valence-corrected chi connectivity index (χ4v) is 4.48. The van der Waals surface area contributed by atoms with E-state index in [2.05, 4.69) is 71.5 Å². The molecule has 226 valence electrons. The molecule has 0 aliphatic heterocycles.